The number of ether oxygens (including phenoxy) is 2. The molecule has 0 aliphatic carbocycles. The summed E-state index contributed by atoms with van der Waals surface area (Å²) in [5.41, 5.74) is 5.54. The van der Waals surface area contributed by atoms with Crippen LogP contribution in [0.15, 0.2) is 12.1 Å². The highest BCUT2D eigenvalue weighted by Crippen LogP contribution is 2.51. The van der Waals surface area contributed by atoms with Gasteiger partial charge in [-0.15, -0.1) is 11.3 Å². The number of fused-ring (bicyclic) bond motifs is 2. The summed E-state index contributed by atoms with van der Waals surface area (Å²) >= 11 is 7.96. The zero-order valence-corrected chi connectivity index (χ0v) is 29.1. The van der Waals surface area contributed by atoms with Gasteiger partial charge in [-0.1, -0.05) is 17.7 Å². The molecule has 4 fully saturated rings. The molecule has 9 rings (SSSR count). The third kappa shape index (κ3) is 5.24. The number of hydrogen-bond donors (Lipinski definition) is 2. The summed E-state index contributed by atoms with van der Waals surface area (Å²) in [5.74, 6) is -0.879. The number of anilines is 2. The van der Waals surface area contributed by atoms with E-state index in [9.17, 15) is 14.4 Å². The summed E-state index contributed by atoms with van der Waals surface area (Å²) in [5, 5.41) is 13.5. The fraction of sp³-hybridized carbons (Fsp3) is 0.486. The Labute approximate surface area is 300 Å². The molecule has 11 nitrogen and oxygen atoms in total. The molecule has 2 aromatic carbocycles. The van der Waals surface area contributed by atoms with E-state index in [0.29, 0.717) is 45.0 Å². The predicted molar refractivity (Wildman–Crippen MR) is 187 cm³/mol. The minimum atomic E-state index is -0.965. The van der Waals surface area contributed by atoms with Crippen LogP contribution in [0.5, 0.6) is 11.8 Å². The van der Waals surface area contributed by atoms with Crippen LogP contribution in [0.1, 0.15) is 37.7 Å². The van der Waals surface area contributed by atoms with Gasteiger partial charge in [0.2, 0.25) is 5.91 Å². The third-order valence-electron chi connectivity index (χ3n) is 11.1. The molecular weight excluding hydrogens is 705 g/mol. The second-order valence-corrected chi connectivity index (χ2v) is 15.5. The first-order valence-corrected chi connectivity index (χ1v) is 18.4. The van der Waals surface area contributed by atoms with E-state index in [2.05, 4.69) is 15.2 Å². The average molecular weight is 739 g/mol. The lowest BCUT2D eigenvalue weighted by atomic mass is 9.95. The fourth-order valence-corrected chi connectivity index (χ4v) is 9.89. The van der Waals surface area contributed by atoms with E-state index < -0.39 is 23.3 Å². The van der Waals surface area contributed by atoms with Crippen LogP contribution >= 0.6 is 22.9 Å². The van der Waals surface area contributed by atoms with Crippen molar-refractivity contribution in [3.8, 4) is 29.0 Å². The second kappa shape index (κ2) is 12.3. The first-order chi connectivity index (χ1) is 24.7. The number of alkyl halides is 1. The zero-order valence-electron chi connectivity index (χ0n) is 27.5. The fourth-order valence-electron chi connectivity index (χ4n) is 8.60. The molecular formula is C35H34ClF3N8O3S. The molecule has 4 saturated heterocycles. The summed E-state index contributed by atoms with van der Waals surface area (Å²) in [7, 11) is 0. The van der Waals surface area contributed by atoms with Crippen molar-refractivity contribution in [1.82, 2.24) is 25.1 Å². The SMILES string of the molecule is N#Cc1c(N)sc2c(F)ccc(-c3c(Cl)c4c5c(nc(OC[C@@]67CCCN6C[C@H](F)C7)nc5c3F)N(CC3CCCN3C(=O)C3CN3)CCO4)c12. The maximum Gasteiger partial charge on any atom is 0.319 e. The molecule has 4 aromatic rings. The molecule has 0 spiro atoms. The molecule has 7 heterocycles. The summed E-state index contributed by atoms with van der Waals surface area (Å²) in [6, 6.07) is 4.23. The quantitative estimate of drug-likeness (QED) is 0.249. The Morgan fingerprint density at radius 1 is 1.24 bits per heavy atom. The molecule has 4 atom stereocenters. The number of carbonyl (C=O) groups is 1. The molecule has 16 heteroatoms. The highest BCUT2D eigenvalue weighted by atomic mass is 35.5. The number of nitrogens with zero attached hydrogens (tertiary/aromatic N) is 6. The Morgan fingerprint density at radius 3 is 2.88 bits per heavy atom. The number of nitrogens with two attached hydrogens (primary N) is 1. The number of likely N-dealkylation sites (tertiary alicyclic amines) is 1. The second-order valence-electron chi connectivity index (χ2n) is 14.1. The van der Waals surface area contributed by atoms with Crippen LogP contribution < -0.4 is 25.4 Å². The Hall–Kier alpha value is -4.10. The van der Waals surface area contributed by atoms with Crippen molar-refractivity contribution in [3.63, 3.8) is 0 Å². The monoisotopic (exact) mass is 738 g/mol. The van der Waals surface area contributed by atoms with Crippen LogP contribution in [0.25, 0.3) is 32.1 Å². The van der Waals surface area contributed by atoms with Gasteiger partial charge in [0.15, 0.2) is 11.6 Å². The first-order valence-electron chi connectivity index (χ1n) is 17.2. The molecule has 0 saturated carbocycles. The van der Waals surface area contributed by atoms with Gasteiger partial charge in [-0.3, -0.25) is 9.69 Å². The van der Waals surface area contributed by atoms with Gasteiger partial charge in [0, 0.05) is 49.6 Å². The molecule has 5 aliphatic heterocycles. The number of rotatable bonds is 7. The third-order valence-corrected chi connectivity index (χ3v) is 12.5. The van der Waals surface area contributed by atoms with Crippen molar-refractivity contribution in [2.24, 2.45) is 0 Å². The average Bonchev–Trinajstić information content (AvgIpc) is 3.50. The zero-order chi connectivity index (χ0) is 35.2. The summed E-state index contributed by atoms with van der Waals surface area (Å²) in [6.07, 6.45) is 2.70. The van der Waals surface area contributed by atoms with Gasteiger partial charge in [-0.2, -0.15) is 15.2 Å². The molecule has 0 radical (unpaired) electrons. The molecule has 1 amide bonds. The molecule has 2 unspecified atom stereocenters. The number of thiophene rings is 1. The van der Waals surface area contributed by atoms with Gasteiger partial charge >= 0.3 is 6.01 Å². The van der Waals surface area contributed by atoms with Crippen molar-refractivity contribution in [3.05, 3.63) is 34.4 Å². The predicted octanol–water partition coefficient (Wildman–Crippen LogP) is 5.01. The summed E-state index contributed by atoms with van der Waals surface area (Å²) in [4.78, 5) is 28.6. The van der Waals surface area contributed by atoms with E-state index in [-0.39, 0.29) is 90.7 Å². The Kier molecular flexibility index (Phi) is 7.88. The Morgan fingerprint density at radius 2 is 2.08 bits per heavy atom. The topological polar surface area (TPSA) is 143 Å². The van der Waals surface area contributed by atoms with E-state index >= 15 is 8.78 Å². The van der Waals surface area contributed by atoms with Crippen molar-refractivity contribution < 1.29 is 27.4 Å². The smallest absolute Gasteiger partial charge is 0.319 e. The molecule has 51 heavy (non-hydrogen) atoms. The number of amides is 1. The van der Waals surface area contributed by atoms with E-state index in [4.69, 9.17) is 31.8 Å². The van der Waals surface area contributed by atoms with Crippen molar-refractivity contribution in [2.45, 2.75) is 55.9 Å². The summed E-state index contributed by atoms with van der Waals surface area (Å²) < 4.78 is 59.6. The van der Waals surface area contributed by atoms with Crippen LogP contribution in [0.2, 0.25) is 5.02 Å². The van der Waals surface area contributed by atoms with E-state index in [1.54, 1.807) is 0 Å². The molecule has 5 aliphatic rings. The largest absolute Gasteiger partial charge is 0.489 e. The minimum Gasteiger partial charge on any atom is -0.489 e. The highest BCUT2D eigenvalue weighted by Gasteiger charge is 2.49. The van der Waals surface area contributed by atoms with Gasteiger partial charge in [-0.05, 0) is 43.9 Å². The number of aromatic nitrogens is 2. The van der Waals surface area contributed by atoms with Crippen LogP contribution in [-0.2, 0) is 4.79 Å². The van der Waals surface area contributed by atoms with Crippen molar-refractivity contribution in [1.29, 1.82) is 5.26 Å². The first kappa shape index (κ1) is 32.8. The van der Waals surface area contributed by atoms with Crippen LogP contribution in [0, 0.1) is 23.0 Å². The number of nitrogen functional groups attached to an aromatic ring is 1. The highest BCUT2D eigenvalue weighted by molar-refractivity contribution is 7.23. The van der Waals surface area contributed by atoms with Gasteiger partial charge in [0.1, 0.15) is 47.6 Å². The van der Waals surface area contributed by atoms with Gasteiger partial charge in [0.25, 0.3) is 0 Å². The standard InChI is InChI=1S/C35H34ClF3N8O3S/c36-26-24(19-4-5-21(38)30-23(19)20(12-40)31(41)51-30)27(39)28-25-29(26)49-10-9-45(15-18-3-1-8-47(18)33(48)22-13-42-22)32(25)44-34(43-28)50-16-35-6-2-7-46(35)14-17(37)11-35/h4-5,17-18,22,42H,1-3,6-11,13-16,41H2/t17-,18?,22?,35+/m1/s1. The maximum atomic E-state index is 17.3. The molecule has 2 aromatic heterocycles. The van der Waals surface area contributed by atoms with Gasteiger partial charge in [0.05, 0.1) is 38.8 Å². The number of carbonyl (C=O) groups excluding carboxylic acids is 1. The number of nitriles is 1. The summed E-state index contributed by atoms with van der Waals surface area (Å²) in [6.45, 7) is 3.46. The van der Waals surface area contributed by atoms with E-state index in [1.165, 1.54) is 12.1 Å². The normalized spacial score (nSPS) is 25.7. The van der Waals surface area contributed by atoms with Crippen LogP contribution in [0.3, 0.4) is 0 Å². The Balaban J connectivity index is 1.20. The molecule has 0 bridgehead atoms. The molecule has 266 valence electrons. The van der Waals surface area contributed by atoms with Crippen molar-refractivity contribution >= 4 is 60.7 Å². The minimum absolute atomic E-state index is 0.0191. The number of benzene rings is 2. The maximum absolute atomic E-state index is 17.3. The molecule has 3 N–H and O–H groups in total. The van der Waals surface area contributed by atoms with E-state index in [0.717, 1.165) is 43.6 Å². The number of nitrogens with one attached hydrogen (secondary N) is 1. The van der Waals surface area contributed by atoms with Crippen LogP contribution in [-0.4, -0.2) is 102 Å². The lowest BCUT2D eigenvalue weighted by molar-refractivity contribution is -0.131. The number of hydrogen-bond acceptors (Lipinski definition) is 11. The van der Waals surface area contributed by atoms with Crippen LogP contribution in [0.4, 0.5) is 24.0 Å². The lowest BCUT2D eigenvalue weighted by Gasteiger charge is -2.32. The van der Waals surface area contributed by atoms with E-state index in [1.807, 2.05) is 15.9 Å². The lowest BCUT2D eigenvalue weighted by Crippen LogP contribution is -2.46. The Bertz CT molecular complexity index is 2160. The number of halogens is 4. The van der Waals surface area contributed by atoms with Crippen molar-refractivity contribution in [2.75, 3.05) is 63.1 Å². The van der Waals surface area contributed by atoms with Gasteiger partial charge in [-0.25, -0.2) is 13.2 Å². The van der Waals surface area contributed by atoms with Gasteiger partial charge < -0.3 is 30.3 Å².